The molecule has 0 spiro atoms. The van der Waals surface area contributed by atoms with E-state index in [1.165, 1.54) is 5.56 Å². The first kappa shape index (κ1) is 15.5. The molecule has 1 saturated heterocycles. The number of carboxylic acid groups (broad SMARTS) is 1. The fraction of sp³-hybridized carbons (Fsp3) is 0.529. The minimum Gasteiger partial charge on any atom is -0.480 e. The highest BCUT2D eigenvalue weighted by atomic mass is 16.4. The van der Waals surface area contributed by atoms with E-state index in [2.05, 4.69) is 12.1 Å². The van der Waals surface area contributed by atoms with Crippen LogP contribution in [0, 0.1) is 20.8 Å². The lowest BCUT2D eigenvalue weighted by molar-refractivity contribution is -0.151. The quantitative estimate of drug-likeness (QED) is 0.930. The number of piperidine rings is 1. The van der Waals surface area contributed by atoms with E-state index in [1.807, 2.05) is 20.8 Å². The summed E-state index contributed by atoms with van der Waals surface area (Å²) in [7, 11) is 0. The SMILES string of the molecule is Cc1cc(C)c(CC(=O)N2CCCCC2C(=O)O)c(C)c1. The topological polar surface area (TPSA) is 57.6 Å². The van der Waals surface area contributed by atoms with Crippen molar-refractivity contribution in [1.82, 2.24) is 4.90 Å². The Morgan fingerprint density at radius 3 is 2.38 bits per heavy atom. The number of rotatable bonds is 3. The van der Waals surface area contributed by atoms with Gasteiger partial charge in [-0.2, -0.15) is 0 Å². The normalized spacial score (nSPS) is 18.6. The van der Waals surface area contributed by atoms with E-state index < -0.39 is 12.0 Å². The van der Waals surface area contributed by atoms with Crippen LogP contribution < -0.4 is 0 Å². The average Bonchev–Trinajstić information content (AvgIpc) is 2.42. The van der Waals surface area contributed by atoms with Crippen molar-refractivity contribution in [3.63, 3.8) is 0 Å². The first-order valence-electron chi connectivity index (χ1n) is 7.49. The van der Waals surface area contributed by atoms with Gasteiger partial charge in [-0.05, 0) is 56.7 Å². The molecule has 1 aromatic rings. The van der Waals surface area contributed by atoms with Crippen molar-refractivity contribution in [3.8, 4) is 0 Å². The van der Waals surface area contributed by atoms with Crippen molar-refractivity contribution in [1.29, 1.82) is 0 Å². The molecule has 1 amide bonds. The third-order valence-corrected chi connectivity index (χ3v) is 4.28. The van der Waals surface area contributed by atoms with Crippen LogP contribution in [0.5, 0.6) is 0 Å². The Morgan fingerprint density at radius 1 is 1.19 bits per heavy atom. The number of carboxylic acids is 1. The number of aliphatic carboxylic acids is 1. The molecule has 1 fully saturated rings. The Morgan fingerprint density at radius 2 is 1.81 bits per heavy atom. The van der Waals surface area contributed by atoms with E-state index in [4.69, 9.17) is 0 Å². The van der Waals surface area contributed by atoms with Crippen LogP contribution in [-0.4, -0.2) is 34.5 Å². The maximum Gasteiger partial charge on any atom is 0.326 e. The molecule has 4 heteroatoms. The Kier molecular flexibility index (Phi) is 4.66. The Balaban J connectivity index is 2.19. The number of likely N-dealkylation sites (tertiary alicyclic amines) is 1. The van der Waals surface area contributed by atoms with Gasteiger partial charge in [0.1, 0.15) is 6.04 Å². The molecule has 1 N–H and O–H groups in total. The Hall–Kier alpha value is -1.84. The van der Waals surface area contributed by atoms with Crippen LogP contribution in [0.4, 0.5) is 0 Å². The molecular formula is C17H23NO3. The van der Waals surface area contributed by atoms with Crippen molar-refractivity contribution in [3.05, 3.63) is 34.4 Å². The van der Waals surface area contributed by atoms with Crippen LogP contribution >= 0.6 is 0 Å². The maximum absolute atomic E-state index is 12.5. The van der Waals surface area contributed by atoms with E-state index in [9.17, 15) is 14.7 Å². The van der Waals surface area contributed by atoms with Gasteiger partial charge in [0, 0.05) is 6.54 Å². The summed E-state index contributed by atoms with van der Waals surface area (Å²) in [6, 6.07) is 3.48. The average molecular weight is 289 g/mol. The summed E-state index contributed by atoms with van der Waals surface area (Å²) in [6.45, 7) is 6.61. The first-order chi connectivity index (χ1) is 9.90. The van der Waals surface area contributed by atoms with Crippen molar-refractivity contribution in [2.45, 2.75) is 52.5 Å². The van der Waals surface area contributed by atoms with Gasteiger partial charge in [0.15, 0.2) is 0 Å². The molecule has 0 aromatic heterocycles. The molecule has 1 atom stereocenters. The molecule has 0 radical (unpaired) electrons. The molecule has 4 nitrogen and oxygen atoms in total. The van der Waals surface area contributed by atoms with E-state index in [0.29, 0.717) is 19.4 Å². The van der Waals surface area contributed by atoms with Crippen molar-refractivity contribution in [2.24, 2.45) is 0 Å². The van der Waals surface area contributed by atoms with Gasteiger partial charge in [0.25, 0.3) is 0 Å². The van der Waals surface area contributed by atoms with Gasteiger partial charge < -0.3 is 10.0 Å². The smallest absolute Gasteiger partial charge is 0.326 e. The van der Waals surface area contributed by atoms with Gasteiger partial charge in [-0.15, -0.1) is 0 Å². The van der Waals surface area contributed by atoms with Crippen LogP contribution in [0.3, 0.4) is 0 Å². The molecule has 0 bridgehead atoms. The Bertz CT molecular complexity index is 542. The number of hydrogen-bond donors (Lipinski definition) is 1. The maximum atomic E-state index is 12.5. The molecule has 21 heavy (non-hydrogen) atoms. The summed E-state index contributed by atoms with van der Waals surface area (Å²) in [6.07, 6.45) is 2.62. The van der Waals surface area contributed by atoms with E-state index in [-0.39, 0.29) is 5.91 Å². The van der Waals surface area contributed by atoms with Gasteiger partial charge in [-0.1, -0.05) is 17.7 Å². The summed E-state index contributed by atoms with van der Waals surface area (Å²) in [5, 5.41) is 9.28. The summed E-state index contributed by atoms with van der Waals surface area (Å²) in [5.74, 6) is -0.961. The van der Waals surface area contributed by atoms with Crippen molar-refractivity contribution in [2.75, 3.05) is 6.54 Å². The second-order valence-electron chi connectivity index (χ2n) is 5.99. The highest BCUT2D eigenvalue weighted by Gasteiger charge is 2.31. The van der Waals surface area contributed by atoms with Crippen LogP contribution in [0.2, 0.25) is 0 Å². The zero-order chi connectivity index (χ0) is 15.6. The summed E-state index contributed by atoms with van der Waals surface area (Å²) >= 11 is 0. The number of carbonyl (C=O) groups is 2. The lowest BCUT2D eigenvalue weighted by Gasteiger charge is -2.33. The molecule has 1 unspecified atom stereocenters. The molecule has 0 saturated carbocycles. The van der Waals surface area contributed by atoms with Gasteiger partial charge >= 0.3 is 5.97 Å². The first-order valence-corrected chi connectivity index (χ1v) is 7.49. The summed E-state index contributed by atoms with van der Waals surface area (Å²) in [5.41, 5.74) is 4.41. The fourth-order valence-electron chi connectivity index (χ4n) is 3.23. The Labute approximate surface area is 125 Å². The number of benzene rings is 1. The molecule has 1 aliphatic rings. The molecule has 0 aliphatic carbocycles. The largest absolute Gasteiger partial charge is 0.480 e. The number of hydrogen-bond acceptors (Lipinski definition) is 2. The third kappa shape index (κ3) is 3.43. The number of aryl methyl sites for hydroxylation is 3. The van der Waals surface area contributed by atoms with Crippen LogP contribution in [0.1, 0.15) is 41.5 Å². The molecule has 1 aliphatic heterocycles. The standard InChI is InChI=1S/C17H23NO3/c1-11-8-12(2)14(13(3)9-11)10-16(19)18-7-5-4-6-15(18)17(20)21/h8-9,15H,4-7,10H2,1-3H3,(H,20,21). The van der Waals surface area contributed by atoms with E-state index >= 15 is 0 Å². The van der Waals surface area contributed by atoms with Gasteiger partial charge in [0.2, 0.25) is 5.91 Å². The third-order valence-electron chi connectivity index (χ3n) is 4.28. The zero-order valence-electron chi connectivity index (χ0n) is 13.0. The van der Waals surface area contributed by atoms with Crippen molar-refractivity contribution < 1.29 is 14.7 Å². The highest BCUT2D eigenvalue weighted by Crippen LogP contribution is 2.21. The second kappa shape index (κ2) is 6.29. The number of carbonyl (C=O) groups excluding carboxylic acids is 1. The van der Waals surface area contributed by atoms with Gasteiger partial charge in [-0.25, -0.2) is 4.79 Å². The molecule has 1 aromatic carbocycles. The van der Waals surface area contributed by atoms with E-state index in [0.717, 1.165) is 29.5 Å². The van der Waals surface area contributed by atoms with Gasteiger partial charge in [0.05, 0.1) is 6.42 Å². The molecule has 2 rings (SSSR count). The van der Waals surface area contributed by atoms with Gasteiger partial charge in [-0.3, -0.25) is 4.79 Å². The second-order valence-corrected chi connectivity index (χ2v) is 5.99. The molecule has 1 heterocycles. The van der Waals surface area contributed by atoms with Crippen molar-refractivity contribution >= 4 is 11.9 Å². The lowest BCUT2D eigenvalue weighted by atomic mass is 9.95. The minimum absolute atomic E-state index is 0.0721. The number of amides is 1. The van der Waals surface area contributed by atoms with Crippen LogP contribution in [0.25, 0.3) is 0 Å². The summed E-state index contributed by atoms with van der Waals surface area (Å²) in [4.78, 5) is 25.4. The predicted octanol–water partition coefficient (Wildman–Crippen LogP) is 2.62. The predicted molar refractivity (Wildman–Crippen MR) is 81.3 cm³/mol. The fourth-order valence-corrected chi connectivity index (χ4v) is 3.23. The highest BCUT2D eigenvalue weighted by molar-refractivity contribution is 5.85. The lowest BCUT2D eigenvalue weighted by Crippen LogP contribution is -2.48. The summed E-state index contributed by atoms with van der Waals surface area (Å²) < 4.78 is 0. The van der Waals surface area contributed by atoms with Crippen LogP contribution in [0.15, 0.2) is 12.1 Å². The zero-order valence-corrected chi connectivity index (χ0v) is 13.0. The monoisotopic (exact) mass is 289 g/mol. The van der Waals surface area contributed by atoms with Crippen LogP contribution in [-0.2, 0) is 16.0 Å². The molecular weight excluding hydrogens is 266 g/mol. The van der Waals surface area contributed by atoms with E-state index in [1.54, 1.807) is 4.90 Å². The minimum atomic E-state index is -0.889. The number of nitrogens with zero attached hydrogens (tertiary/aromatic N) is 1. The molecule has 114 valence electrons.